The van der Waals surface area contributed by atoms with Crippen LogP contribution in [0.15, 0.2) is 70.7 Å². The highest BCUT2D eigenvalue weighted by molar-refractivity contribution is 7.13. The van der Waals surface area contributed by atoms with Crippen LogP contribution in [0.25, 0.3) is 32.8 Å². The number of benzene rings is 2. The monoisotopic (exact) mass is 681 g/mol. The lowest BCUT2D eigenvalue weighted by Crippen LogP contribution is -2.48. The number of thiazole rings is 1. The molecule has 2 aromatic carbocycles. The van der Waals surface area contributed by atoms with Gasteiger partial charge < -0.3 is 30.7 Å². The van der Waals surface area contributed by atoms with Gasteiger partial charge >= 0.3 is 0 Å². The summed E-state index contributed by atoms with van der Waals surface area (Å²) in [6, 6.07) is 17.7. The van der Waals surface area contributed by atoms with Gasteiger partial charge in [-0.3, -0.25) is 9.59 Å². The zero-order chi connectivity index (χ0) is 34.8. The third-order valence-corrected chi connectivity index (χ3v) is 9.91. The zero-order valence-electron chi connectivity index (χ0n) is 27.7. The maximum Gasteiger partial charge on any atom is 0.243 e. The molecule has 6 rings (SSSR count). The molecule has 1 aliphatic rings. The summed E-state index contributed by atoms with van der Waals surface area (Å²) in [5, 5.41) is 35.1. The van der Waals surface area contributed by atoms with Gasteiger partial charge in [-0.15, -0.1) is 16.4 Å². The van der Waals surface area contributed by atoms with Crippen molar-refractivity contribution in [3.63, 3.8) is 0 Å². The van der Waals surface area contributed by atoms with Gasteiger partial charge in [0.05, 0.1) is 40.5 Å². The highest BCUT2D eigenvalue weighted by atomic mass is 32.1. The Morgan fingerprint density at radius 3 is 2.39 bits per heavy atom. The summed E-state index contributed by atoms with van der Waals surface area (Å²) in [6.07, 6.45) is -0.684. The first-order chi connectivity index (χ1) is 23.5. The standard InChI is InChI=1S/C36H39N7O5S/c1-19(2)32(31-15-29(42-48-31)24-9-7-23(8-10-24)28-13-26(17-44)40-41-34(28)37)36(47)43-16-27(45)14-30(43)35(46)39-20(3)22-5-11-25(12-6-22)33-21(4)38-18-49-33/h5-13,15,18-20,27,30,32,44-45H,14,16-17H2,1-4H3,(H2,37,41)(H,39,46)/t20-,27+,30-,32?/m0/s1. The fourth-order valence-electron chi connectivity index (χ4n) is 6.26. The van der Waals surface area contributed by atoms with Crippen LogP contribution in [0.3, 0.4) is 0 Å². The van der Waals surface area contributed by atoms with E-state index in [4.69, 9.17) is 10.3 Å². The van der Waals surface area contributed by atoms with E-state index in [1.165, 1.54) is 4.90 Å². The average Bonchev–Trinajstić information content (AvgIpc) is 3.85. The number of aliphatic hydroxyl groups excluding tert-OH is 2. The van der Waals surface area contributed by atoms with Gasteiger partial charge in [-0.05, 0) is 42.5 Å². The third kappa shape index (κ3) is 7.09. The Morgan fingerprint density at radius 1 is 1.04 bits per heavy atom. The predicted octanol–water partition coefficient (Wildman–Crippen LogP) is 4.88. The van der Waals surface area contributed by atoms with Crippen LogP contribution in [-0.4, -0.2) is 66.0 Å². The summed E-state index contributed by atoms with van der Waals surface area (Å²) in [7, 11) is 0. The minimum Gasteiger partial charge on any atom is -0.391 e. The molecule has 1 saturated heterocycles. The van der Waals surface area contributed by atoms with E-state index in [2.05, 4.69) is 25.7 Å². The Kier molecular flexibility index (Phi) is 9.86. The van der Waals surface area contributed by atoms with Gasteiger partial charge in [0.25, 0.3) is 0 Å². The van der Waals surface area contributed by atoms with Crippen molar-refractivity contribution < 1.29 is 24.3 Å². The van der Waals surface area contributed by atoms with Crippen LogP contribution in [0.4, 0.5) is 5.82 Å². The molecule has 0 saturated carbocycles. The molecule has 13 heteroatoms. The van der Waals surface area contributed by atoms with Crippen LogP contribution < -0.4 is 11.1 Å². The maximum absolute atomic E-state index is 14.1. The van der Waals surface area contributed by atoms with Crippen molar-refractivity contribution in [2.45, 2.75) is 64.8 Å². The number of nitrogen functional groups attached to an aromatic ring is 1. The lowest BCUT2D eigenvalue weighted by molar-refractivity contribution is -0.141. The Morgan fingerprint density at radius 2 is 1.73 bits per heavy atom. The second-order valence-electron chi connectivity index (χ2n) is 12.7. The van der Waals surface area contributed by atoms with Crippen LogP contribution in [0.2, 0.25) is 0 Å². The second-order valence-corrected chi connectivity index (χ2v) is 13.6. The second kappa shape index (κ2) is 14.2. The molecule has 5 N–H and O–H groups in total. The van der Waals surface area contributed by atoms with Crippen molar-refractivity contribution in [1.29, 1.82) is 0 Å². The number of aromatic nitrogens is 4. The number of carbonyl (C=O) groups is 2. The Balaban J connectivity index is 1.16. The lowest BCUT2D eigenvalue weighted by Gasteiger charge is -2.29. The van der Waals surface area contributed by atoms with Crippen molar-refractivity contribution in [2.24, 2.45) is 5.92 Å². The fraction of sp³-hybridized carbons (Fsp3) is 0.333. The Hall–Kier alpha value is -4.98. The van der Waals surface area contributed by atoms with Gasteiger partial charge in [0, 0.05) is 30.2 Å². The van der Waals surface area contributed by atoms with Gasteiger partial charge in [-0.1, -0.05) is 67.5 Å². The topological polar surface area (TPSA) is 181 Å². The molecular formula is C36H39N7O5S. The van der Waals surface area contributed by atoms with Gasteiger partial charge in [0.15, 0.2) is 5.82 Å². The lowest BCUT2D eigenvalue weighted by atomic mass is 9.91. The highest BCUT2D eigenvalue weighted by Crippen LogP contribution is 2.34. The normalized spacial score (nSPS) is 17.3. The predicted molar refractivity (Wildman–Crippen MR) is 186 cm³/mol. The molecule has 254 valence electrons. The van der Waals surface area contributed by atoms with Crippen molar-refractivity contribution >= 4 is 29.0 Å². The zero-order valence-corrected chi connectivity index (χ0v) is 28.5. The number of nitrogens with two attached hydrogens (primary N) is 1. The molecule has 49 heavy (non-hydrogen) atoms. The minimum absolute atomic E-state index is 0.0465. The van der Waals surface area contributed by atoms with Crippen molar-refractivity contribution in [1.82, 2.24) is 30.6 Å². The SMILES string of the molecule is Cc1ncsc1-c1ccc([C@H](C)NC(=O)[C@@H]2C[C@@H](O)CN2C(=O)C(c2cc(-c3ccc(-c4cc(CO)nnc4N)cc3)no2)C(C)C)cc1. The molecule has 0 radical (unpaired) electrons. The first-order valence-electron chi connectivity index (χ1n) is 16.1. The molecule has 1 fully saturated rings. The number of rotatable bonds is 10. The molecule has 4 atom stereocenters. The molecule has 4 heterocycles. The van der Waals surface area contributed by atoms with Crippen molar-refractivity contribution in [2.75, 3.05) is 12.3 Å². The highest BCUT2D eigenvalue weighted by Gasteiger charge is 2.43. The van der Waals surface area contributed by atoms with Gasteiger partial charge in [0.2, 0.25) is 11.8 Å². The molecule has 2 amide bonds. The third-order valence-electron chi connectivity index (χ3n) is 8.94. The number of aliphatic hydroxyl groups is 2. The number of aryl methyl sites for hydroxylation is 1. The van der Waals surface area contributed by atoms with Crippen molar-refractivity contribution in [3.8, 4) is 32.8 Å². The van der Waals surface area contributed by atoms with E-state index < -0.39 is 18.1 Å². The summed E-state index contributed by atoms with van der Waals surface area (Å²) in [6.45, 7) is 7.50. The number of hydrogen-bond acceptors (Lipinski definition) is 11. The molecule has 1 aliphatic heterocycles. The largest absolute Gasteiger partial charge is 0.391 e. The first kappa shape index (κ1) is 33.9. The fourth-order valence-corrected chi connectivity index (χ4v) is 7.07. The molecule has 0 bridgehead atoms. The summed E-state index contributed by atoms with van der Waals surface area (Å²) in [5.74, 6) is -0.907. The van der Waals surface area contributed by atoms with Gasteiger partial charge in [-0.2, -0.15) is 5.10 Å². The van der Waals surface area contributed by atoms with Gasteiger partial charge in [-0.25, -0.2) is 4.98 Å². The van der Waals surface area contributed by atoms with Gasteiger partial charge in [0.1, 0.15) is 23.4 Å². The number of anilines is 1. The average molecular weight is 682 g/mol. The molecular weight excluding hydrogens is 643 g/mol. The van der Waals surface area contributed by atoms with E-state index in [0.717, 1.165) is 32.8 Å². The molecule has 0 aliphatic carbocycles. The van der Waals surface area contributed by atoms with E-state index in [1.54, 1.807) is 23.5 Å². The summed E-state index contributed by atoms with van der Waals surface area (Å²) in [4.78, 5) is 34.6. The molecule has 3 aromatic heterocycles. The number of nitrogens with zero attached hydrogens (tertiary/aromatic N) is 5. The number of nitrogens with one attached hydrogen (secondary N) is 1. The molecule has 12 nitrogen and oxygen atoms in total. The van der Waals surface area contributed by atoms with Crippen LogP contribution in [0, 0.1) is 12.8 Å². The smallest absolute Gasteiger partial charge is 0.243 e. The number of likely N-dealkylation sites (tertiary alicyclic amines) is 1. The van der Waals surface area contributed by atoms with Crippen LogP contribution in [0.5, 0.6) is 0 Å². The first-order valence-corrected chi connectivity index (χ1v) is 17.0. The van der Waals surface area contributed by atoms with Crippen LogP contribution in [-0.2, 0) is 16.2 Å². The molecule has 5 aromatic rings. The van der Waals surface area contributed by atoms with E-state index in [0.29, 0.717) is 22.7 Å². The number of carbonyl (C=O) groups excluding carboxylic acids is 2. The minimum atomic E-state index is -0.832. The van der Waals surface area contributed by atoms with Crippen LogP contribution >= 0.6 is 11.3 Å². The van der Waals surface area contributed by atoms with E-state index >= 15 is 0 Å². The Labute approximate surface area is 288 Å². The summed E-state index contributed by atoms with van der Waals surface area (Å²) < 4.78 is 5.75. The number of β-amino-alcohol motifs (C(OH)–C–C–N with tert-alkyl or cyclic N) is 1. The maximum atomic E-state index is 14.1. The summed E-state index contributed by atoms with van der Waals surface area (Å²) >= 11 is 1.58. The number of hydrogen-bond donors (Lipinski definition) is 4. The number of amides is 2. The van der Waals surface area contributed by atoms with Crippen LogP contribution in [0.1, 0.15) is 61.9 Å². The molecule has 0 spiro atoms. The van der Waals surface area contributed by atoms with Crippen molar-refractivity contribution in [3.05, 3.63) is 88.9 Å². The van der Waals surface area contributed by atoms with E-state index in [1.807, 2.05) is 81.7 Å². The van der Waals surface area contributed by atoms with E-state index in [-0.39, 0.29) is 49.2 Å². The Bertz CT molecular complexity index is 1940. The summed E-state index contributed by atoms with van der Waals surface area (Å²) in [5.41, 5.74) is 14.0. The van der Waals surface area contributed by atoms with E-state index in [9.17, 15) is 19.8 Å². The quantitative estimate of drug-likeness (QED) is 0.159. The molecule has 1 unspecified atom stereocenters.